The van der Waals surface area contributed by atoms with Crippen LogP contribution in [0.15, 0.2) is 54.6 Å². The number of aromatic hydroxyl groups is 1. The average molecular weight is 619 g/mol. The molecule has 2 amide bonds. The Morgan fingerprint density at radius 1 is 1.02 bits per heavy atom. The number of ketones is 1. The molecule has 13 heteroatoms. The number of carbonyl (C=O) groups excluding carboxylic acids is 3. The number of hydrogen-bond donors (Lipinski definition) is 4. The number of thiophene rings is 1. The lowest BCUT2D eigenvalue weighted by atomic mass is 10.1. The molecule has 0 saturated carbocycles. The first kappa shape index (κ1) is 31.7. The molecule has 1 heterocycles. The number of amides is 2. The molecule has 0 saturated heterocycles. The van der Waals surface area contributed by atoms with E-state index in [2.05, 4.69) is 5.32 Å². The second-order valence-electron chi connectivity index (χ2n) is 8.97. The Hall–Kier alpha value is -3.87. The zero-order chi connectivity index (χ0) is 30.1. The van der Waals surface area contributed by atoms with Crippen LogP contribution in [0, 0.1) is 0 Å². The number of hydrogen-bond acceptors (Lipinski definition) is 8. The predicted octanol–water partition coefficient (Wildman–Crippen LogP) is 4.43. The van der Waals surface area contributed by atoms with Crippen molar-refractivity contribution in [3.63, 3.8) is 0 Å². The van der Waals surface area contributed by atoms with Gasteiger partial charge < -0.3 is 25.5 Å². The number of thioether (sulfide) groups is 1. The number of rotatable bonds is 14. The van der Waals surface area contributed by atoms with Crippen molar-refractivity contribution in [3.8, 4) is 5.75 Å². The molecule has 3 aromatic rings. The Labute approximate surface area is 248 Å². The third kappa shape index (κ3) is 9.34. The number of halogens is 1. The van der Waals surface area contributed by atoms with E-state index in [1.165, 1.54) is 47.9 Å². The summed E-state index contributed by atoms with van der Waals surface area (Å²) in [6.45, 7) is 1.54. The first-order valence-corrected chi connectivity index (χ1v) is 14.6. The number of carbonyl (C=O) groups is 5. The Morgan fingerprint density at radius 2 is 1.76 bits per heavy atom. The minimum absolute atomic E-state index is 0.0203. The second kappa shape index (κ2) is 14.7. The molecule has 0 radical (unpaired) electrons. The van der Waals surface area contributed by atoms with Gasteiger partial charge in [0.2, 0.25) is 5.91 Å². The van der Waals surface area contributed by atoms with Crippen molar-refractivity contribution in [1.82, 2.24) is 10.2 Å². The first-order chi connectivity index (χ1) is 19.4. The second-order valence-corrected chi connectivity index (χ2v) is 11.5. The minimum Gasteiger partial charge on any atom is -0.507 e. The third-order valence-corrected chi connectivity index (χ3v) is 8.32. The van der Waals surface area contributed by atoms with E-state index >= 15 is 0 Å². The van der Waals surface area contributed by atoms with Gasteiger partial charge in [-0.15, -0.1) is 23.1 Å². The van der Waals surface area contributed by atoms with Gasteiger partial charge in [-0.25, -0.2) is 4.79 Å². The van der Waals surface area contributed by atoms with E-state index in [4.69, 9.17) is 11.6 Å². The summed E-state index contributed by atoms with van der Waals surface area (Å²) in [5.74, 6) is -3.84. The van der Waals surface area contributed by atoms with Gasteiger partial charge in [-0.2, -0.15) is 0 Å². The standard InChI is InChI=1S/C28H27ClN2O8S2/c1-16(32)31(12-17-6-8-23(33)20(10-17)28(38)39)13-19-7-9-25(41-19)27(37)30-22(11-26(35)36)24(34)15-40-14-18-4-2-3-5-21(18)29/h2-10,22,33H,11-15H2,1H3,(H,30,37)(H,35,36)(H,38,39)/t22-/m0/s1. The topological polar surface area (TPSA) is 161 Å². The minimum atomic E-state index is -1.30. The zero-order valence-electron chi connectivity index (χ0n) is 21.8. The number of aromatic carboxylic acids is 1. The highest BCUT2D eigenvalue weighted by Gasteiger charge is 2.25. The molecule has 1 aromatic heterocycles. The fourth-order valence-corrected chi connectivity index (χ4v) is 5.94. The maximum Gasteiger partial charge on any atom is 0.339 e. The van der Waals surface area contributed by atoms with Gasteiger partial charge in [0.05, 0.1) is 29.6 Å². The van der Waals surface area contributed by atoms with Crippen LogP contribution in [0.5, 0.6) is 5.75 Å². The van der Waals surface area contributed by atoms with Crippen molar-refractivity contribution in [2.75, 3.05) is 5.75 Å². The van der Waals surface area contributed by atoms with Gasteiger partial charge in [-0.1, -0.05) is 35.9 Å². The van der Waals surface area contributed by atoms with Gasteiger partial charge >= 0.3 is 11.9 Å². The molecular formula is C28H27ClN2O8S2. The molecule has 10 nitrogen and oxygen atoms in total. The van der Waals surface area contributed by atoms with Gasteiger partial charge in [0, 0.05) is 29.1 Å². The van der Waals surface area contributed by atoms with Crippen LogP contribution in [-0.4, -0.2) is 61.6 Å². The lowest BCUT2D eigenvalue weighted by Gasteiger charge is -2.21. The molecule has 3 rings (SSSR count). The number of benzene rings is 2. The maximum absolute atomic E-state index is 12.9. The van der Waals surface area contributed by atoms with Crippen molar-refractivity contribution in [2.45, 2.75) is 38.2 Å². The van der Waals surface area contributed by atoms with Crippen LogP contribution < -0.4 is 5.32 Å². The third-order valence-electron chi connectivity index (χ3n) is 5.87. The van der Waals surface area contributed by atoms with Crippen molar-refractivity contribution in [3.05, 3.63) is 86.1 Å². The Balaban J connectivity index is 1.63. The summed E-state index contributed by atoms with van der Waals surface area (Å²) in [7, 11) is 0. The van der Waals surface area contributed by atoms with E-state index in [1.807, 2.05) is 12.1 Å². The van der Waals surface area contributed by atoms with Crippen LogP contribution in [0.3, 0.4) is 0 Å². The maximum atomic E-state index is 12.9. The molecule has 0 aliphatic rings. The molecule has 41 heavy (non-hydrogen) atoms. The Bertz CT molecular complexity index is 1460. The van der Waals surface area contributed by atoms with Crippen LogP contribution in [0.25, 0.3) is 0 Å². The van der Waals surface area contributed by atoms with Gasteiger partial charge in [0.1, 0.15) is 11.3 Å². The zero-order valence-corrected chi connectivity index (χ0v) is 24.2. The van der Waals surface area contributed by atoms with E-state index in [0.717, 1.165) is 16.9 Å². The molecule has 0 aliphatic heterocycles. The monoisotopic (exact) mass is 618 g/mol. The number of carboxylic acid groups (broad SMARTS) is 2. The molecule has 0 aliphatic carbocycles. The van der Waals surface area contributed by atoms with Crippen LogP contribution in [0.4, 0.5) is 0 Å². The molecule has 0 fully saturated rings. The normalized spacial score (nSPS) is 11.5. The van der Waals surface area contributed by atoms with Crippen molar-refractivity contribution in [2.24, 2.45) is 0 Å². The first-order valence-electron chi connectivity index (χ1n) is 12.2. The molecule has 216 valence electrons. The van der Waals surface area contributed by atoms with Gasteiger partial charge in [0.25, 0.3) is 5.91 Å². The molecule has 1 atom stereocenters. The number of carboxylic acids is 2. The van der Waals surface area contributed by atoms with Crippen LogP contribution in [0.2, 0.25) is 5.02 Å². The number of aliphatic carboxylic acids is 1. The van der Waals surface area contributed by atoms with Gasteiger partial charge in [0.15, 0.2) is 5.78 Å². The number of nitrogens with zero attached hydrogens (tertiary/aromatic N) is 1. The van der Waals surface area contributed by atoms with E-state index in [0.29, 0.717) is 21.2 Å². The Morgan fingerprint density at radius 3 is 2.41 bits per heavy atom. The lowest BCUT2D eigenvalue weighted by molar-refractivity contribution is -0.139. The molecular weight excluding hydrogens is 592 g/mol. The molecule has 0 bridgehead atoms. The van der Waals surface area contributed by atoms with Crippen molar-refractivity contribution < 1.29 is 39.3 Å². The molecule has 2 aromatic carbocycles. The largest absolute Gasteiger partial charge is 0.507 e. The summed E-state index contributed by atoms with van der Waals surface area (Å²) < 4.78 is 0. The average Bonchev–Trinajstić information content (AvgIpc) is 3.38. The van der Waals surface area contributed by atoms with Crippen LogP contribution >= 0.6 is 34.7 Å². The number of phenols is 1. The number of nitrogens with one attached hydrogen (secondary N) is 1. The summed E-state index contributed by atoms with van der Waals surface area (Å²) in [6.07, 6.45) is -0.571. The SMILES string of the molecule is CC(=O)N(Cc1ccc(O)c(C(=O)O)c1)Cc1ccc(C(=O)N[C@@H](CC(=O)O)C(=O)CSCc2ccccc2Cl)s1. The predicted molar refractivity (Wildman–Crippen MR) is 155 cm³/mol. The van der Waals surface area contributed by atoms with Gasteiger partial charge in [-0.3, -0.25) is 19.2 Å². The summed E-state index contributed by atoms with van der Waals surface area (Å²) >= 11 is 8.48. The molecule has 0 unspecified atom stereocenters. The van der Waals surface area contributed by atoms with E-state index in [9.17, 15) is 39.3 Å². The summed E-state index contributed by atoms with van der Waals surface area (Å²) in [4.78, 5) is 63.0. The van der Waals surface area contributed by atoms with E-state index < -0.39 is 36.1 Å². The highest BCUT2D eigenvalue weighted by Crippen LogP contribution is 2.24. The van der Waals surface area contributed by atoms with E-state index in [1.54, 1.807) is 18.2 Å². The highest BCUT2D eigenvalue weighted by atomic mass is 35.5. The molecule has 0 spiro atoms. The summed E-state index contributed by atoms with van der Waals surface area (Å²) in [6, 6.07) is 13.2. The lowest BCUT2D eigenvalue weighted by Crippen LogP contribution is -2.43. The fourth-order valence-electron chi connectivity index (χ4n) is 3.75. The van der Waals surface area contributed by atoms with Crippen molar-refractivity contribution in [1.29, 1.82) is 0 Å². The van der Waals surface area contributed by atoms with Crippen LogP contribution in [-0.2, 0) is 33.2 Å². The highest BCUT2D eigenvalue weighted by molar-refractivity contribution is 7.99. The smallest absolute Gasteiger partial charge is 0.339 e. The summed E-state index contributed by atoms with van der Waals surface area (Å²) in [5.41, 5.74) is 1.05. The Kier molecular flexibility index (Phi) is 11.3. The quantitative estimate of drug-likeness (QED) is 0.205. The number of Topliss-reactive ketones (excluding diaryl/α,β-unsaturated/α-hetero) is 1. The van der Waals surface area contributed by atoms with E-state index in [-0.39, 0.29) is 40.9 Å². The van der Waals surface area contributed by atoms with Crippen molar-refractivity contribution >= 4 is 64.2 Å². The van der Waals surface area contributed by atoms with Crippen LogP contribution in [0.1, 0.15) is 49.4 Å². The fraction of sp³-hybridized carbons (Fsp3) is 0.250. The van der Waals surface area contributed by atoms with Gasteiger partial charge in [-0.05, 0) is 41.5 Å². The summed E-state index contributed by atoms with van der Waals surface area (Å²) in [5, 5.41) is 31.3. The molecule has 4 N–H and O–H groups in total.